The molecule has 0 aliphatic heterocycles. The smallest absolute Gasteiger partial charge is 0.322 e. The summed E-state index contributed by atoms with van der Waals surface area (Å²) in [5, 5.41) is 5.66. The fourth-order valence-electron chi connectivity index (χ4n) is 2.37. The summed E-state index contributed by atoms with van der Waals surface area (Å²) in [4.78, 5) is 25.8. The number of amides is 3. The average Bonchev–Trinajstić information content (AvgIpc) is 2.54. The van der Waals surface area contributed by atoms with Crippen molar-refractivity contribution in [2.75, 3.05) is 24.2 Å². The van der Waals surface area contributed by atoms with Gasteiger partial charge in [-0.3, -0.25) is 4.79 Å². The Bertz CT molecular complexity index is 785. The number of benzene rings is 2. The molecular formula is C19H22BrN3O2. The average molecular weight is 404 g/mol. The molecule has 0 spiro atoms. The number of nitrogens with zero attached hydrogens (tertiary/aromatic N) is 1. The summed E-state index contributed by atoms with van der Waals surface area (Å²) in [6.07, 6.45) is 0. The van der Waals surface area contributed by atoms with Crippen LogP contribution in [0.5, 0.6) is 0 Å². The number of hydrogen-bond acceptors (Lipinski definition) is 2. The lowest BCUT2D eigenvalue weighted by atomic mass is 10.1. The van der Waals surface area contributed by atoms with E-state index in [1.807, 2.05) is 57.2 Å². The molecule has 25 heavy (non-hydrogen) atoms. The Morgan fingerprint density at radius 1 is 1.00 bits per heavy atom. The van der Waals surface area contributed by atoms with Gasteiger partial charge in [0.25, 0.3) is 0 Å². The first-order chi connectivity index (χ1) is 11.8. The maximum absolute atomic E-state index is 12.2. The first-order valence-electron chi connectivity index (χ1n) is 7.92. The first kappa shape index (κ1) is 19.0. The number of urea groups is 1. The second-order valence-corrected chi connectivity index (χ2v) is 6.92. The predicted octanol–water partition coefficient (Wildman–Crippen LogP) is 4.48. The molecule has 0 heterocycles. The Morgan fingerprint density at radius 3 is 2.24 bits per heavy atom. The Morgan fingerprint density at radius 2 is 1.64 bits per heavy atom. The Labute approximate surface area is 156 Å². The van der Waals surface area contributed by atoms with Crippen molar-refractivity contribution in [2.24, 2.45) is 0 Å². The predicted molar refractivity (Wildman–Crippen MR) is 105 cm³/mol. The molecule has 2 N–H and O–H groups in total. The molecule has 0 aliphatic rings. The third-order valence-electron chi connectivity index (χ3n) is 3.90. The molecule has 3 amide bonds. The molecule has 132 valence electrons. The fourth-order valence-corrected chi connectivity index (χ4v) is 2.75. The second kappa shape index (κ2) is 8.16. The normalized spacial score (nSPS) is 10.3. The van der Waals surface area contributed by atoms with Crippen LogP contribution in [0.4, 0.5) is 16.2 Å². The van der Waals surface area contributed by atoms with Crippen LogP contribution in [0.25, 0.3) is 0 Å². The zero-order valence-corrected chi connectivity index (χ0v) is 16.4. The highest BCUT2D eigenvalue weighted by molar-refractivity contribution is 9.10. The molecule has 2 aromatic rings. The first-order valence-corrected chi connectivity index (χ1v) is 8.71. The molecule has 0 saturated carbocycles. The molecule has 6 heteroatoms. The third kappa shape index (κ3) is 5.06. The molecule has 0 atom stereocenters. The minimum Gasteiger partial charge on any atom is -0.324 e. The highest BCUT2D eigenvalue weighted by atomic mass is 79.9. The van der Waals surface area contributed by atoms with E-state index in [-0.39, 0.29) is 18.5 Å². The van der Waals surface area contributed by atoms with Crippen molar-refractivity contribution >= 4 is 39.2 Å². The van der Waals surface area contributed by atoms with E-state index in [0.717, 1.165) is 26.9 Å². The number of aryl methyl sites for hydroxylation is 3. The standard InChI is InChI=1S/C19H22BrN3O2/c1-12-8-9-15(10-16(12)20)21-19(25)23(4)11-17(24)22-18-13(2)6-5-7-14(18)3/h5-10H,11H2,1-4H3,(H,21,25)(H,22,24). The number of carbonyl (C=O) groups excluding carboxylic acids is 2. The quantitative estimate of drug-likeness (QED) is 0.790. The lowest BCUT2D eigenvalue weighted by Gasteiger charge is -2.19. The van der Waals surface area contributed by atoms with Crippen LogP contribution >= 0.6 is 15.9 Å². The van der Waals surface area contributed by atoms with Gasteiger partial charge < -0.3 is 15.5 Å². The minimum atomic E-state index is -0.340. The summed E-state index contributed by atoms with van der Waals surface area (Å²) >= 11 is 3.43. The van der Waals surface area contributed by atoms with Crippen molar-refractivity contribution in [2.45, 2.75) is 20.8 Å². The maximum atomic E-state index is 12.2. The lowest BCUT2D eigenvalue weighted by molar-refractivity contribution is -0.116. The Kier molecular flexibility index (Phi) is 6.20. The van der Waals surface area contributed by atoms with Crippen LogP contribution < -0.4 is 10.6 Å². The number of para-hydroxylation sites is 1. The lowest BCUT2D eigenvalue weighted by Crippen LogP contribution is -2.37. The molecule has 5 nitrogen and oxygen atoms in total. The van der Waals surface area contributed by atoms with E-state index < -0.39 is 0 Å². The summed E-state index contributed by atoms with van der Waals surface area (Å²) in [7, 11) is 1.59. The van der Waals surface area contributed by atoms with Crippen LogP contribution in [0.2, 0.25) is 0 Å². The topological polar surface area (TPSA) is 61.4 Å². The SMILES string of the molecule is Cc1ccc(NC(=O)N(C)CC(=O)Nc2c(C)cccc2C)cc1Br. The van der Waals surface area contributed by atoms with E-state index >= 15 is 0 Å². The van der Waals surface area contributed by atoms with Crippen LogP contribution in [0.3, 0.4) is 0 Å². The Balaban J connectivity index is 1.96. The van der Waals surface area contributed by atoms with Gasteiger partial charge in [0.1, 0.15) is 6.54 Å². The highest BCUT2D eigenvalue weighted by Gasteiger charge is 2.15. The van der Waals surface area contributed by atoms with Gasteiger partial charge in [-0.25, -0.2) is 4.79 Å². The number of halogens is 1. The molecule has 0 aliphatic carbocycles. The monoisotopic (exact) mass is 403 g/mol. The number of likely N-dealkylation sites (N-methyl/N-ethyl adjacent to an activating group) is 1. The van der Waals surface area contributed by atoms with Crippen molar-refractivity contribution in [1.29, 1.82) is 0 Å². The van der Waals surface area contributed by atoms with Crippen LogP contribution in [0.1, 0.15) is 16.7 Å². The molecule has 0 radical (unpaired) electrons. The van der Waals surface area contributed by atoms with Crippen molar-refractivity contribution in [3.05, 3.63) is 57.6 Å². The van der Waals surface area contributed by atoms with Gasteiger partial charge in [0.05, 0.1) is 0 Å². The highest BCUT2D eigenvalue weighted by Crippen LogP contribution is 2.21. The van der Waals surface area contributed by atoms with Crippen molar-refractivity contribution in [1.82, 2.24) is 4.90 Å². The summed E-state index contributed by atoms with van der Waals surface area (Å²) < 4.78 is 0.917. The number of nitrogens with one attached hydrogen (secondary N) is 2. The van der Waals surface area contributed by atoms with E-state index in [9.17, 15) is 9.59 Å². The van der Waals surface area contributed by atoms with Gasteiger partial charge in [-0.2, -0.15) is 0 Å². The Hall–Kier alpha value is -2.34. The summed E-state index contributed by atoms with van der Waals surface area (Å²) in [6.45, 7) is 5.81. The van der Waals surface area contributed by atoms with E-state index in [1.54, 1.807) is 7.05 Å². The fraction of sp³-hybridized carbons (Fsp3) is 0.263. The second-order valence-electron chi connectivity index (χ2n) is 6.07. The number of hydrogen-bond donors (Lipinski definition) is 2. The van der Waals surface area contributed by atoms with Gasteiger partial charge in [0.15, 0.2) is 0 Å². The van der Waals surface area contributed by atoms with Crippen LogP contribution in [-0.2, 0) is 4.79 Å². The zero-order chi connectivity index (χ0) is 18.6. The summed E-state index contributed by atoms with van der Waals surface area (Å²) in [6, 6.07) is 11.0. The van der Waals surface area contributed by atoms with Gasteiger partial charge in [0.2, 0.25) is 5.91 Å². The van der Waals surface area contributed by atoms with Gasteiger partial charge in [-0.05, 0) is 49.6 Å². The third-order valence-corrected chi connectivity index (χ3v) is 4.75. The molecule has 0 unspecified atom stereocenters. The van der Waals surface area contributed by atoms with Crippen LogP contribution in [0.15, 0.2) is 40.9 Å². The van der Waals surface area contributed by atoms with Crippen molar-refractivity contribution in [3.8, 4) is 0 Å². The summed E-state index contributed by atoms with van der Waals surface area (Å²) in [5.74, 6) is -0.236. The van der Waals surface area contributed by atoms with Crippen LogP contribution in [0, 0.1) is 20.8 Å². The van der Waals surface area contributed by atoms with E-state index in [4.69, 9.17) is 0 Å². The van der Waals surface area contributed by atoms with E-state index in [2.05, 4.69) is 26.6 Å². The minimum absolute atomic E-state index is 0.0351. The summed E-state index contributed by atoms with van der Waals surface area (Å²) in [5.41, 5.74) is 4.53. The van der Waals surface area contributed by atoms with E-state index in [1.165, 1.54) is 4.90 Å². The molecule has 2 rings (SSSR count). The van der Waals surface area contributed by atoms with Gasteiger partial charge in [-0.1, -0.05) is 40.2 Å². The number of carbonyl (C=O) groups is 2. The van der Waals surface area contributed by atoms with Gasteiger partial charge in [0, 0.05) is 22.9 Å². The largest absolute Gasteiger partial charge is 0.324 e. The van der Waals surface area contributed by atoms with Gasteiger partial charge in [-0.15, -0.1) is 0 Å². The molecular weight excluding hydrogens is 382 g/mol. The van der Waals surface area contributed by atoms with E-state index in [0.29, 0.717) is 5.69 Å². The maximum Gasteiger partial charge on any atom is 0.322 e. The van der Waals surface area contributed by atoms with Crippen LogP contribution in [-0.4, -0.2) is 30.4 Å². The molecule has 0 saturated heterocycles. The molecule has 2 aromatic carbocycles. The molecule has 0 aromatic heterocycles. The van der Waals surface area contributed by atoms with Crippen molar-refractivity contribution < 1.29 is 9.59 Å². The zero-order valence-electron chi connectivity index (χ0n) is 14.8. The van der Waals surface area contributed by atoms with Gasteiger partial charge >= 0.3 is 6.03 Å². The number of anilines is 2. The molecule has 0 fully saturated rings. The number of rotatable bonds is 4. The van der Waals surface area contributed by atoms with Crippen molar-refractivity contribution in [3.63, 3.8) is 0 Å². The molecule has 0 bridgehead atoms.